The van der Waals surface area contributed by atoms with Gasteiger partial charge in [-0.2, -0.15) is 4.98 Å². The standard InChI is InChI=1S/C58H43N3O/c1-58(2,3)45-34-35-46-55(62-57-60-56-47(61(46)57)33-20-36-59-56)48(45)43-31-19-32-44(37-43)54-52(41-27-15-7-16-28-41)50(39-23-11-5-12-24-39)49(38-21-9-4-10-22-38)51(40-25-13-6-14-26-40)53(54)42-29-17-8-18-30-42/h4-37H,1-3H3. The highest BCUT2D eigenvalue weighted by molar-refractivity contribution is 6.15. The van der Waals surface area contributed by atoms with E-state index in [0.717, 1.165) is 66.7 Å². The molecule has 11 rings (SSSR count). The average Bonchev–Trinajstić information content (AvgIpc) is 3.88. The van der Waals surface area contributed by atoms with E-state index in [4.69, 9.17) is 9.40 Å². The largest absolute Gasteiger partial charge is 0.422 e. The van der Waals surface area contributed by atoms with Crippen LogP contribution in [0.25, 0.3) is 106 Å². The van der Waals surface area contributed by atoms with E-state index < -0.39 is 0 Å². The number of hydrogen-bond acceptors (Lipinski definition) is 3. The molecule has 62 heavy (non-hydrogen) atoms. The van der Waals surface area contributed by atoms with Gasteiger partial charge >= 0.3 is 5.84 Å². The summed E-state index contributed by atoms with van der Waals surface area (Å²) in [6.07, 6.45) is 1.78. The van der Waals surface area contributed by atoms with Gasteiger partial charge in [0.1, 0.15) is 0 Å². The minimum atomic E-state index is -0.194. The highest BCUT2D eigenvalue weighted by Crippen LogP contribution is 2.56. The fourth-order valence-electron chi connectivity index (χ4n) is 9.38. The molecule has 0 aliphatic rings. The molecule has 0 unspecified atom stereocenters. The summed E-state index contributed by atoms with van der Waals surface area (Å²) in [5.41, 5.74) is 20.5. The zero-order chi connectivity index (χ0) is 41.8. The molecule has 11 aromatic rings. The predicted molar refractivity (Wildman–Crippen MR) is 257 cm³/mol. The molecule has 0 amide bonds. The third-order valence-electron chi connectivity index (χ3n) is 12.0. The summed E-state index contributed by atoms with van der Waals surface area (Å²) >= 11 is 0. The van der Waals surface area contributed by atoms with Crippen LogP contribution in [-0.2, 0) is 5.41 Å². The van der Waals surface area contributed by atoms with E-state index in [1.807, 2.05) is 6.07 Å². The summed E-state index contributed by atoms with van der Waals surface area (Å²) < 4.78 is 8.92. The molecule has 0 aliphatic heterocycles. The first-order chi connectivity index (χ1) is 30.4. The van der Waals surface area contributed by atoms with Crippen molar-refractivity contribution in [1.29, 1.82) is 0 Å². The Morgan fingerprint density at radius 2 is 0.790 bits per heavy atom. The molecule has 0 aliphatic carbocycles. The molecule has 0 radical (unpaired) electrons. The third kappa shape index (κ3) is 6.22. The Morgan fingerprint density at radius 1 is 0.387 bits per heavy atom. The van der Waals surface area contributed by atoms with Gasteiger partial charge in [-0.25, -0.2) is 4.98 Å². The fraction of sp³-hybridized carbons (Fsp3) is 0.0690. The molecule has 3 aromatic heterocycles. The first kappa shape index (κ1) is 37.2. The van der Waals surface area contributed by atoms with Gasteiger partial charge in [-0.05, 0) is 108 Å². The Bertz CT molecular complexity index is 3300. The van der Waals surface area contributed by atoms with Gasteiger partial charge in [-0.1, -0.05) is 197 Å². The molecule has 296 valence electrons. The summed E-state index contributed by atoms with van der Waals surface area (Å²) in [5.74, 6) is 0.534. The van der Waals surface area contributed by atoms with Crippen LogP contribution in [0.1, 0.15) is 26.3 Å². The van der Waals surface area contributed by atoms with Crippen LogP contribution in [0, 0.1) is 0 Å². The average molecular weight is 798 g/mol. The normalized spacial score (nSPS) is 11.8. The Morgan fingerprint density at radius 3 is 1.23 bits per heavy atom. The van der Waals surface area contributed by atoms with Crippen molar-refractivity contribution in [1.82, 2.24) is 14.4 Å². The Hall–Kier alpha value is -7.82. The monoisotopic (exact) mass is 797 g/mol. The van der Waals surface area contributed by atoms with Crippen molar-refractivity contribution in [2.45, 2.75) is 26.2 Å². The van der Waals surface area contributed by atoms with Crippen molar-refractivity contribution in [3.63, 3.8) is 0 Å². The minimum absolute atomic E-state index is 0.194. The van der Waals surface area contributed by atoms with Crippen molar-refractivity contribution in [3.8, 4) is 77.9 Å². The van der Waals surface area contributed by atoms with Crippen LogP contribution >= 0.6 is 0 Å². The lowest BCUT2D eigenvalue weighted by Gasteiger charge is -2.29. The number of pyridine rings is 1. The molecule has 0 saturated carbocycles. The van der Waals surface area contributed by atoms with Crippen LogP contribution in [0.5, 0.6) is 0 Å². The second kappa shape index (κ2) is 15.0. The molecule has 0 saturated heterocycles. The van der Waals surface area contributed by atoms with Crippen LogP contribution in [0.15, 0.2) is 211 Å². The van der Waals surface area contributed by atoms with Gasteiger partial charge in [0.05, 0.1) is 11.0 Å². The summed E-state index contributed by atoms with van der Waals surface area (Å²) in [5, 5.41) is 0. The molecule has 0 N–H and O–H groups in total. The molecule has 0 atom stereocenters. The molecule has 0 bridgehead atoms. The van der Waals surface area contributed by atoms with Crippen molar-refractivity contribution in [2.24, 2.45) is 0 Å². The maximum absolute atomic E-state index is 6.82. The van der Waals surface area contributed by atoms with Gasteiger partial charge < -0.3 is 4.42 Å². The van der Waals surface area contributed by atoms with Crippen LogP contribution in [-0.4, -0.2) is 14.4 Å². The lowest BCUT2D eigenvalue weighted by atomic mass is 9.74. The summed E-state index contributed by atoms with van der Waals surface area (Å²) in [7, 11) is 0. The first-order valence-corrected chi connectivity index (χ1v) is 21.2. The number of aromatic nitrogens is 3. The first-order valence-electron chi connectivity index (χ1n) is 21.2. The molecule has 0 fully saturated rings. The number of imidazole rings is 1. The maximum atomic E-state index is 6.82. The Balaban J connectivity index is 1.32. The van der Waals surface area contributed by atoms with Crippen molar-refractivity contribution in [2.75, 3.05) is 0 Å². The third-order valence-corrected chi connectivity index (χ3v) is 12.0. The van der Waals surface area contributed by atoms with Crippen molar-refractivity contribution >= 4 is 28.1 Å². The fourth-order valence-corrected chi connectivity index (χ4v) is 9.38. The van der Waals surface area contributed by atoms with Gasteiger partial charge in [0, 0.05) is 11.8 Å². The molecule has 4 heteroatoms. The van der Waals surface area contributed by atoms with Gasteiger partial charge in [-0.3, -0.25) is 4.40 Å². The summed E-state index contributed by atoms with van der Waals surface area (Å²) in [6, 6.07) is 72.2. The van der Waals surface area contributed by atoms with Crippen LogP contribution in [0.3, 0.4) is 0 Å². The van der Waals surface area contributed by atoms with Crippen molar-refractivity contribution < 1.29 is 4.42 Å². The smallest absolute Gasteiger partial charge is 0.309 e. The SMILES string of the molecule is CC(C)(C)c1ccc2c(oc3nc4ncccc4n32)c1-c1cccc(-c2c(-c3ccccc3)c(-c3ccccc3)c(-c3ccccc3)c(-c3ccccc3)c2-c2ccccc2)c1. The predicted octanol–water partition coefficient (Wildman–Crippen LogP) is 15.6. The molecule has 8 aromatic carbocycles. The topological polar surface area (TPSA) is 43.3 Å². The lowest BCUT2D eigenvalue weighted by Crippen LogP contribution is -2.13. The number of oxazole rings is 1. The summed E-state index contributed by atoms with van der Waals surface area (Å²) in [6.45, 7) is 6.82. The van der Waals surface area contributed by atoms with Gasteiger partial charge in [0.2, 0.25) is 0 Å². The van der Waals surface area contributed by atoms with Crippen LogP contribution in [0.2, 0.25) is 0 Å². The number of fused-ring (bicyclic) bond motifs is 5. The van der Waals surface area contributed by atoms with E-state index in [1.165, 1.54) is 33.4 Å². The molecule has 3 heterocycles. The second-order valence-electron chi connectivity index (χ2n) is 16.9. The van der Waals surface area contributed by atoms with E-state index in [9.17, 15) is 0 Å². The number of hydrogen-bond donors (Lipinski definition) is 0. The number of rotatable bonds is 7. The molecule has 0 spiro atoms. The van der Waals surface area contributed by atoms with E-state index in [1.54, 1.807) is 6.20 Å². The van der Waals surface area contributed by atoms with Crippen LogP contribution < -0.4 is 0 Å². The van der Waals surface area contributed by atoms with Crippen LogP contribution in [0.4, 0.5) is 0 Å². The van der Waals surface area contributed by atoms with Gasteiger partial charge in [0.25, 0.3) is 0 Å². The highest BCUT2D eigenvalue weighted by atomic mass is 16.4. The van der Waals surface area contributed by atoms with Gasteiger partial charge in [-0.15, -0.1) is 0 Å². The number of benzene rings is 8. The Labute approximate surface area is 361 Å². The van der Waals surface area contributed by atoms with E-state index in [-0.39, 0.29) is 5.41 Å². The van der Waals surface area contributed by atoms with E-state index in [0.29, 0.717) is 11.5 Å². The Kier molecular flexibility index (Phi) is 9.01. The minimum Gasteiger partial charge on any atom is -0.422 e. The molecule has 4 nitrogen and oxygen atoms in total. The molecular formula is C58H43N3O. The second-order valence-corrected chi connectivity index (χ2v) is 16.9. The number of nitrogens with zero attached hydrogens (tertiary/aromatic N) is 3. The molecular weight excluding hydrogens is 755 g/mol. The summed E-state index contributed by atoms with van der Waals surface area (Å²) in [4.78, 5) is 9.37. The van der Waals surface area contributed by atoms with E-state index >= 15 is 0 Å². The highest BCUT2D eigenvalue weighted by Gasteiger charge is 2.30. The van der Waals surface area contributed by atoms with Crippen molar-refractivity contribution in [3.05, 3.63) is 212 Å². The van der Waals surface area contributed by atoms with E-state index in [2.05, 4.69) is 224 Å². The zero-order valence-corrected chi connectivity index (χ0v) is 34.9. The zero-order valence-electron chi connectivity index (χ0n) is 34.9. The van der Waals surface area contributed by atoms with Gasteiger partial charge in [0.15, 0.2) is 11.2 Å². The quantitative estimate of drug-likeness (QED) is 0.161. The lowest BCUT2D eigenvalue weighted by molar-refractivity contribution is 0.589. The maximum Gasteiger partial charge on any atom is 0.309 e.